The number of halogens is 7. The molecule has 0 bridgehead atoms. The number of aromatic hydroxyl groups is 2. The number of imide groups is 2. The largest absolute Gasteiger partial charge is 0.508 e. The maximum atomic E-state index is 15.5. The van der Waals surface area contributed by atoms with Crippen LogP contribution in [0.25, 0.3) is 0 Å². The highest BCUT2D eigenvalue weighted by atomic mass is 79.9. The summed E-state index contributed by atoms with van der Waals surface area (Å²) in [5.74, 6) is -7.70. The van der Waals surface area contributed by atoms with E-state index >= 15 is 4.79 Å². The van der Waals surface area contributed by atoms with Gasteiger partial charge in [-0.25, -0.2) is 4.98 Å². The first-order chi connectivity index (χ1) is 28.0. The molecule has 11 nitrogen and oxygen atoms in total. The van der Waals surface area contributed by atoms with Gasteiger partial charge < -0.3 is 14.9 Å². The molecule has 0 radical (unpaired) electrons. The molecule has 0 spiro atoms. The number of hydrazine groups is 1. The lowest BCUT2D eigenvalue weighted by molar-refractivity contribution is -0.141. The molecule has 6 unspecified atom stereocenters. The molecule has 306 valence electrons. The van der Waals surface area contributed by atoms with Gasteiger partial charge in [0, 0.05) is 28.2 Å². The number of amides is 4. The van der Waals surface area contributed by atoms with Crippen LogP contribution in [0.15, 0.2) is 87.5 Å². The lowest BCUT2D eigenvalue weighted by Gasteiger charge is -2.51. The number of carbonyl (C=O) groups excluding carboxylic acids is 4. The van der Waals surface area contributed by atoms with Crippen molar-refractivity contribution in [2.75, 3.05) is 19.1 Å². The van der Waals surface area contributed by atoms with Crippen LogP contribution in [0.2, 0.25) is 10.0 Å². The van der Waals surface area contributed by atoms with Crippen LogP contribution >= 0.6 is 55.1 Å². The van der Waals surface area contributed by atoms with E-state index in [0.717, 1.165) is 5.56 Å². The van der Waals surface area contributed by atoms with E-state index in [2.05, 4.69) is 42.3 Å². The van der Waals surface area contributed by atoms with Crippen molar-refractivity contribution in [3.63, 3.8) is 0 Å². The normalized spacial score (nSPS) is 25.2. The fraction of sp³-hybridized carbons (Fsp3) is 0.293. The van der Waals surface area contributed by atoms with Crippen LogP contribution in [0.5, 0.6) is 17.2 Å². The van der Waals surface area contributed by atoms with Crippen molar-refractivity contribution in [1.82, 2.24) is 14.9 Å². The van der Waals surface area contributed by atoms with E-state index in [-0.39, 0.29) is 47.0 Å². The maximum Gasteiger partial charge on any atom is 0.417 e. The summed E-state index contributed by atoms with van der Waals surface area (Å²) >= 11 is 19.7. The van der Waals surface area contributed by atoms with Crippen molar-refractivity contribution in [2.45, 2.75) is 36.8 Å². The first-order valence-corrected chi connectivity index (χ1v) is 20.5. The molecule has 3 aromatic carbocycles. The van der Waals surface area contributed by atoms with Gasteiger partial charge in [-0.2, -0.15) is 18.2 Å². The summed E-state index contributed by atoms with van der Waals surface area (Å²) in [4.78, 5) is 64.1. The molecule has 18 heteroatoms. The van der Waals surface area contributed by atoms with Crippen molar-refractivity contribution in [3.05, 3.63) is 120 Å². The Morgan fingerprint density at radius 3 is 2.29 bits per heavy atom. The number of alkyl halides is 3. The number of aromatic nitrogens is 1. The number of methoxy groups -OCH3 is 1. The number of pyridine rings is 1. The minimum Gasteiger partial charge on any atom is -0.508 e. The maximum absolute atomic E-state index is 15.5. The Bertz CT molecular complexity index is 2470. The Morgan fingerprint density at radius 2 is 1.64 bits per heavy atom. The quantitative estimate of drug-likeness (QED) is 0.117. The van der Waals surface area contributed by atoms with E-state index < -0.39 is 75.3 Å². The van der Waals surface area contributed by atoms with Crippen LogP contribution in [-0.2, 0) is 37.2 Å². The van der Waals surface area contributed by atoms with E-state index in [1.54, 1.807) is 36.4 Å². The zero-order valence-electron chi connectivity index (χ0n) is 30.6. The number of phenolic OH excluding ortho intramolecular Hbond substituents is 2. The summed E-state index contributed by atoms with van der Waals surface area (Å²) in [7, 11) is 1.34. The minimum atomic E-state index is -4.77. The molecular weight excluding hydrogens is 948 g/mol. The molecule has 3 fully saturated rings. The Labute approximate surface area is 361 Å². The second-order valence-corrected chi connectivity index (χ2v) is 17.2. The van der Waals surface area contributed by atoms with Crippen molar-refractivity contribution in [3.8, 4) is 17.2 Å². The highest BCUT2D eigenvalue weighted by Crippen LogP contribution is 2.65. The number of allylic oxidation sites excluding steroid dienone is 2. The third kappa shape index (κ3) is 6.57. The number of hydrogen-bond donors (Lipinski definition) is 3. The summed E-state index contributed by atoms with van der Waals surface area (Å²) in [6.07, 6.45) is -2.02. The van der Waals surface area contributed by atoms with Gasteiger partial charge in [-0.15, -0.1) is 0 Å². The summed E-state index contributed by atoms with van der Waals surface area (Å²) in [5.41, 5.74) is 1.77. The van der Waals surface area contributed by atoms with E-state index in [4.69, 9.17) is 27.9 Å². The Balaban J connectivity index is 1.30. The summed E-state index contributed by atoms with van der Waals surface area (Å²) < 4.78 is 46.7. The molecule has 1 saturated carbocycles. The zero-order valence-corrected chi connectivity index (χ0v) is 35.3. The number of carbonyl (C=O) groups is 4. The van der Waals surface area contributed by atoms with Gasteiger partial charge in [-0.1, -0.05) is 59.1 Å². The lowest BCUT2D eigenvalue weighted by atomic mass is 9.49. The molecule has 59 heavy (non-hydrogen) atoms. The van der Waals surface area contributed by atoms with Gasteiger partial charge in [0.2, 0.25) is 11.8 Å². The Morgan fingerprint density at radius 1 is 0.949 bits per heavy atom. The fourth-order valence-electron chi connectivity index (χ4n) is 9.29. The smallest absolute Gasteiger partial charge is 0.417 e. The van der Waals surface area contributed by atoms with Crippen molar-refractivity contribution >= 4 is 84.5 Å². The number of benzene rings is 3. The zero-order chi connectivity index (χ0) is 42.3. The van der Waals surface area contributed by atoms with Gasteiger partial charge in [0.25, 0.3) is 11.8 Å². The van der Waals surface area contributed by atoms with E-state index in [1.165, 1.54) is 30.2 Å². The molecule has 2 aliphatic carbocycles. The average Bonchev–Trinajstić information content (AvgIpc) is 3.57. The lowest BCUT2D eigenvalue weighted by Crippen LogP contribution is -2.53. The first kappa shape index (κ1) is 41.1. The van der Waals surface area contributed by atoms with Crippen LogP contribution in [0, 0.1) is 23.7 Å². The number of nitrogens with one attached hydrogen (secondary N) is 1. The highest BCUT2D eigenvalue weighted by Gasteiger charge is 2.70. The standard InChI is InChI=1S/C41H31Br2Cl2F3N4O7/c1-59-29-16-26(32(42)33(43)34(29)54)31-23-10-11-24-30(38(57)51(36(24)55)13-12-18-2-8-22(53)9-3-18)25(23)15-27-37(56)52(39(58)40(27,31)19-4-6-21(44)7-5-19)50-35-28(45)14-20(17-49-35)41(46,47)48/h2-10,14,16-17,24-25,27,30-31,53-54H,11-13,15H2,1H3,(H,49,50). The van der Waals surface area contributed by atoms with Crippen molar-refractivity contribution in [2.24, 2.45) is 23.7 Å². The molecule has 1 aromatic heterocycles. The fourth-order valence-corrected chi connectivity index (χ4v) is 10.6. The Hall–Kier alpha value is -4.64. The van der Waals surface area contributed by atoms with Crippen LogP contribution in [0.4, 0.5) is 19.0 Å². The van der Waals surface area contributed by atoms with Crippen LogP contribution < -0.4 is 10.2 Å². The summed E-state index contributed by atoms with van der Waals surface area (Å²) in [5, 5.41) is 21.3. The molecule has 6 atom stereocenters. The van der Waals surface area contributed by atoms with Gasteiger partial charge in [0.1, 0.15) is 5.75 Å². The highest BCUT2D eigenvalue weighted by molar-refractivity contribution is 9.13. The number of ether oxygens (including phenoxy) is 1. The molecule has 8 rings (SSSR count). The molecule has 4 amide bonds. The molecule has 2 aliphatic heterocycles. The van der Waals surface area contributed by atoms with E-state index in [1.807, 2.05) is 6.08 Å². The molecule has 4 aliphatic rings. The predicted octanol–water partition coefficient (Wildman–Crippen LogP) is 8.58. The summed E-state index contributed by atoms with van der Waals surface area (Å²) in [6.45, 7) is 0.0721. The van der Waals surface area contributed by atoms with Crippen molar-refractivity contribution in [1.29, 1.82) is 0 Å². The first-order valence-electron chi connectivity index (χ1n) is 18.2. The third-order valence-electron chi connectivity index (χ3n) is 11.9. The predicted molar refractivity (Wildman–Crippen MR) is 215 cm³/mol. The number of likely N-dealkylation sites (tertiary alicyclic amines) is 1. The van der Waals surface area contributed by atoms with Crippen molar-refractivity contribution < 1.29 is 47.3 Å². The second-order valence-electron chi connectivity index (χ2n) is 14.8. The van der Waals surface area contributed by atoms with Crippen LogP contribution in [0.1, 0.15) is 41.0 Å². The molecule has 3 heterocycles. The van der Waals surface area contributed by atoms with Crippen LogP contribution in [-0.4, -0.2) is 62.4 Å². The molecule has 2 saturated heterocycles. The topological polar surface area (TPSA) is 149 Å². The van der Waals surface area contributed by atoms with Crippen LogP contribution in [0.3, 0.4) is 0 Å². The van der Waals surface area contributed by atoms with Gasteiger partial charge >= 0.3 is 6.18 Å². The molecule has 3 N–H and O–H groups in total. The number of phenols is 2. The molecule has 4 aromatic rings. The number of anilines is 1. The van der Waals surface area contributed by atoms with Gasteiger partial charge in [-0.3, -0.25) is 29.5 Å². The van der Waals surface area contributed by atoms with E-state index in [0.29, 0.717) is 49.9 Å². The number of rotatable bonds is 8. The Kier molecular flexibility index (Phi) is 10.5. The third-order valence-corrected chi connectivity index (χ3v) is 14.6. The SMILES string of the molecule is COc1cc(C2C3=CCC4C(=O)N(CCc5ccc(O)cc5)C(=O)C4C3CC3C(=O)N(Nc4ncc(C(F)(F)F)cc4Cl)C(=O)C32c2ccc(Cl)cc2)c(Br)c(Br)c1O. The number of fused-ring (bicyclic) bond motifs is 4. The minimum absolute atomic E-state index is 0.0225. The second kappa shape index (κ2) is 15.1. The average molecular weight is 979 g/mol. The van der Waals surface area contributed by atoms with Gasteiger partial charge in [0.05, 0.1) is 45.3 Å². The van der Waals surface area contributed by atoms with E-state index in [9.17, 15) is 37.8 Å². The number of hydrogen-bond acceptors (Lipinski definition) is 9. The van der Waals surface area contributed by atoms with Gasteiger partial charge in [-0.05, 0) is 110 Å². The number of nitrogens with zero attached hydrogens (tertiary/aromatic N) is 3. The van der Waals surface area contributed by atoms with Gasteiger partial charge in [0.15, 0.2) is 17.3 Å². The monoisotopic (exact) mass is 976 g/mol. The summed E-state index contributed by atoms with van der Waals surface area (Å²) in [6, 6.07) is 14.9. The molecular formula is C41H31Br2Cl2F3N4O7.